The quantitative estimate of drug-likeness (QED) is 0.523. The van der Waals surface area contributed by atoms with E-state index in [-0.39, 0.29) is 35.8 Å². The van der Waals surface area contributed by atoms with Crippen LogP contribution in [0.25, 0.3) is 5.69 Å². The number of aromatic nitrogens is 4. The molecule has 1 N–H and O–H groups in total. The molecule has 174 valence electrons. The minimum atomic E-state index is -0.300. The number of halogens is 1. The number of esters is 1. The Kier molecular flexibility index (Phi) is 6.98. The Balaban J connectivity index is 1.59. The van der Waals surface area contributed by atoms with Gasteiger partial charge in [0.15, 0.2) is 0 Å². The summed E-state index contributed by atoms with van der Waals surface area (Å²) in [5.41, 5.74) is 2.70. The number of ether oxygens (including phenoxy) is 2. The van der Waals surface area contributed by atoms with Gasteiger partial charge in [0.05, 0.1) is 24.8 Å². The van der Waals surface area contributed by atoms with E-state index in [1.165, 1.54) is 25.6 Å². The van der Waals surface area contributed by atoms with Crippen LogP contribution in [0.3, 0.4) is 0 Å². The smallest absolute Gasteiger partial charge is 0.309 e. The lowest BCUT2D eigenvalue weighted by molar-refractivity contribution is -0.145. The SMILES string of the molecule is COC(=O)C1CCC(NCc2cc(-n3cnnn3)ccc2OC(C)C)C1c1ccc(F)cc1. The lowest BCUT2D eigenvalue weighted by Crippen LogP contribution is -2.34. The van der Waals surface area contributed by atoms with E-state index in [0.717, 1.165) is 29.0 Å². The monoisotopic (exact) mass is 453 g/mol. The van der Waals surface area contributed by atoms with Gasteiger partial charge in [-0.15, -0.1) is 5.10 Å². The molecule has 1 aliphatic carbocycles. The summed E-state index contributed by atoms with van der Waals surface area (Å²) in [4.78, 5) is 12.5. The van der Waals surface area contributed by atoms with E-state index in [1.54, 1.807) is 16.8 Å². The molecule has 0 spiro atoms. The van der Waals surface area contributed by atoms with Crippen molar-refractivity contribution in [1.29, 1.82) is 0 Å². The fraction of sp³-hybridized carbons (Fsp3) is 0.417. The second kappa shape index (κ2) is 10.1. The fourth-order valence-electron chi connectivity index (χ4n) is 4.53. The Morgan fingerprint density at radius 2 is 2.00 bits per heavy atom. The average Bonchev–Trinajstić information content (AvgIpc) is 3.48. The van der Waals surface area contributed by atoms with Crippen molar-refractivity contribution < 1.29 is 18.7 Å². The third kappa shape index (κ3) is 5.19. The topological polar surface area (TPSA) is 91.2 Å². The number of methoxy groups -OCH3 is 1. The molecule has 1 aromatic heterocycles. The molecule has 1 heterocycles. The standard InChI is InChI=1S/C24H28FN5O3/c1-15(2)33-22-11-8-19(30-14-27-28-29-30)12-17(22)13-26-21-10-9-20(24(31)32-3)23(21)16-4-6-18(25)7-5-16/h4-8,11-12,14-15,20-21,23,26H,9-10,13H2,1-3H3. The molecule has 3 aromatic rings. The lowest BCUT2D eigenvalue weighted by Gasteiger charge is -2.26. The van der Waals surface area contributed by atoms with Gasteiger partial charge in [0, 0.05) is 24.1 Å². The molecule has 0 aliphatic heterocycles. The van der Waals surface area contributed by atoms with Crippen molar-refractivity contribution in [1.82, 2.24) is 25.5 Å². The van der Waals surface area contributed by atoms with E-state index < -0.39 is 0 Å². The van der Waals surface area contributed by atoms with Gasteiger partial charge in [-0.05, 0) is 73.0 Å². The highest BCUT2D eigenvalue weighted by atomic mass is 19.1. The van der Waals surface area contributed by atoms with Gasteiger partial charge in [0.2, 0.25) is 0 Å². The number of carbonyl (C=O) groups excluding carboxylic acids is 1. The zero-order valence-electron chi connectivity index (χ0n) is 18.9. The Morgan fingerprint density at radius 3 is 2.67 bits per heavy atom. The van der Waals surface area contributed by atoms with Crippen LogP contribution in [-0.4, -0.2) is 45.4 Å². The average molecular weight is 454 g/mol. The lowest BCUT2D eigenvalue weighted by atomic mass is 9.86. The zero-order valence-corrected chi connectivity index (χ0v) is 18.9. The van der Waals surface area contributed by atoms with Crippen LogP contribution < -0.4 is 10.1 Å². The van der Waals surface area contributed by atoms with Crippen LogP contribution in [0.4, 0.5) is 4.39 Å². The summed E-state index contributed by atoms with van der Waals surface area (Å²) in [6.07, 6.45) is 3.06. The van der Waals surface area contributed by atoms with E-state index in [9.17, 15) is 9.18 Å². The normalized spacial score (nSPS) is 20.2. The molecular formula is C24H28FN5O3. The molecule has 33 heavy (non-hydrogen) atoms. The maximum Gasteiger partial charge on any atom is 0.309 e. The van der Waals surface area contributed by atoms with Crippen LogP contribution in [-0.2, 0) is 16.1 Å². The number of hydrogen-bond acceptors (Lipinski definition) is 7. The van der Waals surface area contributed by atoms with Crippen LogP contribution in [0.5, 0.6) is 5.75 Å². The molecule has 0 amide bonds. The number of rotatable bonds is 8. The van der Waals surface area contributed by atoms with Crippen molar-refractivity contribution in [2.45, 2.75) is 51.3 Å². The van der Waals surface area contributed by atoms with Gasteiger partial charge in [-0.2, -0.15) is 0 Å². The minimum absolute atomic E-state index is 0.0168. The molecule has 3 atom stereocenters. The Labute approximate surface area is 192 Å². The Bertz CT molecular complexity index is 1070. The number of carbonyl (C=O) groups is 1. The van der Waals surface area contributed by atoms with Gasteiger partial charge >= 0.3 is 5.97 Å². The molecule has 3 unspecified atom stereocenters. The number of nitrogens with zero attached hydrogens (tertiary/aromatic N) is 4. The van der Waals surface area contributed by atoms with Crippen molar-refractivity contribution >= 4 is 5.97 Å². The molecule has 4 rings (SSSR count). The summed E-state index contributed by atoms with van der Waals surface area (Å²) in [5, 5.41) is 15.0. The van der Waals surface area contributed by atoms with Gasteiger partial charge in [0.1, 0.15) is 17.9 Å². The molecule has 9 heteroatoms. The summed E-state index contributed by atoms with van der Waals surface area (Å²) in [7, 11) is 1.41. The summed E-state index contributed by atoms with van der Waals surface area (Å²) < 4.78 is 26.2. The molecule has 1 saturated carbocycles. The van der Waals surface area contributed by atoms with Gasteiger partial charge in [-0.1, -0.05) is 12.1 Å². The van der Waals surface area contributed by atoms with Crippen molar-refractivity contribution in [2.24, 2.45) is 5.92 Å². The number of tetrazole rings is 1. The van der Waals surface area contributed by atoms with Crippen molar-refractivity contribution in [3.63, 3.8) is 0 Å². The largest absolute Gasteiger partial charge is 0.491 e. The second-order valence-corrected chi connectivity index (χ2v) is 8.48. The summed E-state index contributed by atoms with van der Waals surface area (Å²) >= 11 is 0. The van der Waals surface area contributed by atoms with Crippen LogP contribution in [0.1, 0.15) is 43.7 Å². The van der Waals surface area contributed by atoms with E-state index in [0.29, 0.717) is 13.0 Å². The highest BCUT2D eigenvalue weighted by Crippen LogP contribution is 2.41. The zero-order chi connectivity index (χ0) is 23.4. The molecule has 2 aromatic carbocycles. The first-order chi connectivity index (χ1) is 16.0. The van der Waals surface area contributed by atoms with Crippen molar-refractivity contribution in [3.8, 4) is 11.4 Å². The summed E-state index contributed by atoms with van der Waals surface area (Å²) in [6, 6.07) is 12.2. The first-order valence-corrected chi connectivity index (χ1v) is 11.1. The first kappa shape index (κ1) is 22.8. The summed E-state index contributed by atoms with van der Waals surface area (Å²) in [6.45, 7) is 4.48. The number of nitrogens with one attached hydrogen (secondary N) is 1. The maximum absolute atomic E-state index is 13.5. The summed E-state index contributed by atoms with van der Waals surface area (Å²) in [5.74, 6) is -0.161. The minimum Gasteiger partial charge on any atom is -0.491 e. The Hall–Kier alpha value is -3.33. The third-order valence-corrected chi connectivity index (χ3v) is 5.99. The van der Waals surface area contributed by atoms with Gasteiger partial charge < -0.3 is 14.8 Å². The molecule has 8 nitrogen and oxygen atoms in total. The molecule has 0 saturated heterocycles. The third-order valence-electron chi connectivity index (χ3n) is 5.99. The van der Waals surface area contributed by atoms with Crippen molar-refractivity contribution in [3.05, 3.63) is 65.7 Å². The Morgan fingerprint density at radius 1 is 1.21 bits per heavy atom. The predicted molar refractivity (Wildman–Crippen MR) is 119 cm³/mol. The van der Waals surface area contributed by atoms with E-state index in [4.69, 9.17) is 9.47 Å². The van der Waals surface area contributed by atoms with Gasteiger partial charge in [-0.3, -0.25) is 4.79 Å². The fourth-order valence-corrected chi connectivity index (χ4v) is 4.53. The molecule has 0 radical (unpaired) electrons. The molecular weight excluding hydrogens is 425 g/mol. The van der Waals surface area contributed by atoms with Crippen LogP contribution in [0, 0.1) is 11.7 Å². The molecule has 1 aliphatic rings. The van der Waals surface area contributed by atoms with E-state index in [2.05, 4.69) is 20.8 Å². The van der Waals surface area contributed by atoms with Crippen molar-refractivity contribution in [2.75, 3.05) is 7.11 Å². The van der Waals surface area contributed by atoms with Gasteiger partial charge in [0.25, 0.3) is 0 Å². The van der Waals surface area contributed by atoms with Crippen LogP contribution in [0.2, 0.25) is 0 Å². The van der Waals surface area contributed by atoms with Crippen LogP contribution in [0.15, 0.2) is 48.8 Å². The molecule has 1 fully saturated rings. The second-order valence-electron chi connectivity index (χ2n) is 8.48. The number of benzene rings is 2. The maximum atomic E-state index is 13.5. The van der Waals surface area contributed by atoms with Crippen LogP contribution >= 0.6 is 0 Å². The van der Waals surface area contributed by atoms with E-state index >= 15 is 0 Å². The predicted octanol–water partition coefficient (Wildman–Crippen LogP) is 3.41. The molecule has 0 bridgehead atoms. The number of hydrogen-bond donors (Lipinski definition) is 1. The van der Waals surface area contributed by atoms with E-state index in [1.807, 2.05) is 32.0 Å². The van der Waals surface area contributed by atoms with Gasteiger partial charge in [-0.25, -0.2) is 9.07 Å². The highest BCUT2D eigenvalue weighted by Gasteiger charge is 2.41. The highest BCUT2D eigenvalue weighted by molar-refractivity contribution is 5.74. The first-order valence-electron chi connectivity index (χ1n) is 11.1.